The van der Waals surface area contributed by atoms with Gasteiger partial charge in [0.2, 0.25) is 11.7 Å². The molecule has 0 aliphatic rings. The van der Waals surface area contributed by atoms with Crippen molar-refractivity contribution in [3.63, 3.8) is 0 Å². The summed E-state index contributed by atoms with van der Waals surface area (Å²) >= 11 is 0. The van der Waals surface area contributed by atoms with Crippen LogP contribution in [0.15, 0.2) is 22.7 Å². The van der Waals surface area contributed by atoms with Crippen molar-refractivity contribution < 1.29 is 14.4 Å². The molecular weight excluding hydrogens is 268 g/mol. The average Bonchev–Trinajstić information content (AvgIpc) is 2.87. The van der Waals surface area contributed by atoms with E-state index < -0.39 is 6.10 Å². The van der Waals surface area contributed by atoms with E-state index in [1.54, 1.807) is 14.0 Å². The van der Waals surface area contributed by atoms with E-state index in [4.69, 9.17) is 9.26 Å². The Morgan fingerprint density at radius 1 is 1.24 bits per heavy atom. The second-order valence-electron chi connectivity index (χ2n) is 5.65. The normalized spacial score (nSPS) is 14.2. The summed E-state index contributed by atoms with van der Waals surface area (Å²) in [6.07, 6.45) is -0.532. The highest BCUT2D eigenvalue weighted by Gasteiger charge is 2.27. The Morgan fingerprint density at radius 2 is 1.95 bits per heavy atom. The maximum absolute atomic E-state index is 9.88. The van der Waals surface area contributed by atoms with Crippen LogP contribution in [0.4, 0.5) is 0 Å². The van der Waals surface area contributed by atoms with Crippen LogP contribution < -0.4 is 4.74 Å². The first kappa shape index (κ1) is 15.5. The third kappa shape index (κ3) is 3.24. The molecule has 1 aromatic carbocycles. The number of aryl methyl sites for hydroxylation is 1. The smallest absolute Gasteiger partial charge is 0.232 e. The molecule has 1 N–H and O–H groups in total. The molecule has 0 amide bonds. The van der Waals surface area contributed by atoms with Crippen LogP contribution in [0.25, 0.3) is 11.4 Å². The number of nitrogens with zero attached hydrogens (tertiary/aromatic N) is 2. The van der Waals surface area contributed by atoms with Crippen LogP contribution >= 0.6 is 0 Å². The fourth-order valence-corrected chi connectivity index (χ4v) is 2.55. The zero-order valence-electron chi connectivity index (χ0n) is 13.1. The van der Waals surface area contributed by atoms with Crippen LogP contribution in [0.3, 0.4) is 0 Å². The minimum atomic E-state index is -0.532. The summed E-state index contributed by atoms with van der Waals surface area (Å²) in [7, 11) is 1.64. The molecule has 5 heteroatoms. The van der Waals surface area contributed by atoms with Crippen molar-refractivity contribution in [3.05, 3.63) is 29.7 Å². The fourth-order valence-electron chi connectivity index (χ4n) is 2.55. The molecule has 0 fully saturated rings. The van der Waals surface area contributed by atoms with Crippen molar-refractivity contribution in [1.82, 2.24) is 10.1 Å². The molecule has 1 heterocycles. The van der Waals surface area contributed by atoms with Crippen molar-refractivity contribution in [1.29, 1.82) is 0 Å². The van der Waals surface area contributed by atoms with Gasteiger partial charge < -0.3 is 14.4 Å². The van der Waals surface area contributed by atoms with Gasteiger partial charge in [0.1, 0.15) is 5.75 Å². The maximum Gasteiger partial charge on any atom is 0.232 e. The quantitative estimate of drug-likeness (QED) is 0.916. The van der Waals surface area contributed by atoms with Gasteiger partial charge in [-0.25, -0.2) is 0 Å². The molecule has 2 atom stereocenters. The van der Waals surface area contributed by atoms with Crippen molar-refractivity contribution in [3.8, 4) is 17.1 Å². The Hall–Kier alpha value is -1.88. The number of aliphatic hydroxyl groups is 1. The number of benzene rings is 1. The number of ether oxygens (including phenoxy) is 1. The number of hydrogen-bond donors (Lipinski definition) is 1. The molecule has 21 heavy (non-hydrogen) atoms. The molecule has 0 saturated heterocycles. The Bertz CT molecular complexity index is 597. The van der Waals surface area contributed by atoms with Gasteiger partial charge in [0.05, 0.1) is 19.1 Å². The van der Waals surface area contributed by atoms with E-state index in [9.17, 15) is 5.11 Å². The molecule has 2 unspecified atom stereocenters. The Balaban J connectivity index is 2.33. The zero-order valence-corrected chi connectivity index (χ0v) is 13.1. The van der Waals surface area contributed by atoms with Crippen LogP contribution in [0.5, 0.6) is 5.75 Å². The number of aliphatic hydroxyl groups excluding tert-OH is 1. The highest BCUT2D eigenvalue weighted by molar-refractivity contribution is 5.58. The van der Waals surface area contributed by atoms with Gasteiger partial charge in [-0.1, -0.05) is 19.0 Å². The lowest BCUT2D eigenvalue weighted by Crippen LogP contribution is -2.20. The van der Waals surface area contributed by atoms with Gasteiger partial charge in [-0.15, -0.1) is 0 Å². The summed E-state index contributed by atoms with van der Waals surface area (Å²) in [6.45, 7) is 7.76. The highest BCUT2D eigenvalue weighted by Crippen LogP contribution is 2.29. The van der Waals surface area contributed by atoms with E-state index in [1.165, 1.54) is 0 Å². The van der Waals surface area contributed by atoms with E-state index in [2.05, 4.69) is 10.1 Å². The van der Waals surface area contributed by atoms with Gasteiger partial charge in [-0.05, 0) is 43.5 Å². The van der Waals surface area contributed by atoms with E-state index in [0.29, 0.717) is 11.7 Å². The summed E-state index contributed by atoms with van der Waals surface area (Å²) in [6, 6.07) is 5.74. The van der Waals surface area contributed by atoms with Crippen LogP contribution in [0, 0.1) is 12.8 Å². The standard InChI is InChI=1S/C16H22N2O3/c1-9(2)14(11(4)19)16-17-15(18-21-16)12-6-7-13(20-5)10(3)8-12/h6-9,11,14,19H,1-5H3. The second kappa shape index (κ2) is 6.26. The first-order valence-corrected chi connectivity index (χ1v) is 7.10. The van der Waals surface area contributed by atoms with E-state index in [0.717, 1.165) is 16.9 Å². The van der Waals surface area contributed by atoms with Crippen LogP contribution in [0.2, 0.25) is 0 Å². The molecule has 114 valence electrons. The number of rotatable bonds is 5. The third-order valence-electron chi connectivity index (χ3n) is 3.62. The molecule has 2 aromatic rings. The Labute approximate surface area is 125 Å². The lowest BCUT2D eigenvalue weighted by Gasteiger charge is -2.19. The molecule has 0 spiro atoms. The van der Waals surface area contributed by atoms with Gasteiger partial charge in [0.25, 0.3) is 0 Å². The first-order valence-electron chi connectivity index (χ1n) is 7.10. The van der Waals surface area contributed by atoms with Crippen LogP contribution in [0.1, 0.15) is 38.1 Å². The monoisotopic (exact) mass is 290 g/mol. The van der Waals surface area contributed by atoms with Gasteiger partial charge in [-0.2, -0.15) is 4.98 Å². The Morgan fingerprint density at radius 3 is 2.48 bits per heavy atom. The minimum absolute atomic E-state index is 0.161. The first-order chi connectivity index (χ1) is 9.93. The molecule has 1 aromatic heterocycles. The topological polar surface area (TPSA) is 68.4 Å². The minimum Gasteiger partial charge on any atom is -0.496 e. The summed E-state index contributed by atoms with van der Waals surface area (Å²) in [5.41, 5.74) is 1.88. The average molecular weight is 290 g/mol. The highest BCUT2D eigenvalue weighted by atomic mass is 16.5. The van der Waals surface area contributed by atoms with Crippen LogP contribution in [-0.4, -0.2) is 28.5 Å². The molecule has 0 saturated carbocycles. The molecular formula is C16H22N2O3. The fraction of sp³-hybridized carbons (Fsp3) is 0.500. The summed E-state index contributed by atoms with van der Waals surface area (Å²) in [5, 5.41) is 13.9. The summed E-state index contributed by atoms with van der Waals surface area (Å²) in [4.78, 5) is 4.44. The molecule has 0 radical (unpaired) electrons. The van der Waals surface area contributed by atoms with Crippen molar-refractivity contribution in [2.45, 2.75) is 39.7 Å². The lowest BCUT2D eigenvalue weighted by atomic mass is 9.91. The number of methoxy groups -OCH3 is 1. The van der Waals surface area contributed by atoms with Crippen molar-refractivity contribution >= 4 is 0 Å². The zero-order chi connectivity index (χ0) is 15.6. The maximum atomic E-state index is 9.88. The second-order valence-corrected chi connectivity index (χ2v) is 5.65. The predicted octanol–water partition coefficient (Wildman–Crippen LogP) is 3.17. The van der Waals surface area contributed by atoms with Gasteiger partial charge >= 0.3 is 0 Å². The van der Waals surface area contributed by atoms with E-state index in [1.807, 2.05) is 39.0 Å². The van der Waals surface area contributed by atoms with Gasteiger partial charge in [-0.3, -0.25) is 0 Å². The SMILES string of the molecule is COc1ccc(-c2noc(C(C(C)C)C(C)O)n2)cc1C. The largest absolute Gasteiger partial charge is 0.496 e. The van der Waals surface area contributed by atoms with Gasteiger partial charge in [0.15, 0.2) is 0 Å². The predicted molar refractivity (Wildman–Crippen MR) is 80.3 cm³/mol. The molecule has 2 rings (SSSR count). The van der Waals surface area contributed by atoms with Crippen LogP contribution in [-0.2, 0) is 0 Å². The number of hydrogen-bond acceptors (Lipinski definition) is 5. The molecule has 0 aliphatic carbocycles. The molecule has 0 aliphatic heterocycles. The van der Waals surface area contributed by atoms with Crippen molar-refractivity contribution in [2.75, 3.05) is 7.11 Å². The molecule has 0 bridgehead atoms. The van der Waals surface area contributed by atoms with Crippen molar-refractivity contribution in [2.24, 2.45) is 5.92 Å². The Kier molecular flexibility index (Phi) is 4.63. The number of aromatic nitrogens is 2. The van der Waals surface area contributed by atoms with E-state index in [-0.39, 0.29) is 11.8 Å². The lowest BCUT2D eigenvalue weighted by molar-refractivity contribution is 0.120. The summed E-state index contributed by atoms with van der Waals surface area (Å²) < 4.78 is 10.6. The summed E-state index contributed by atoms with van der Waals surface area (Å²) in [5.74, 6) is 1.89. The molecule has 5 nitrogen and oxygen atoms in total. The van der Waals surface area contributed by atoms with E-state index >= 15 is 0 Å². The van der Waals surface area contributed by atoms with Gasteiger partial charge in [0, 0.05) is 5.56 Å². The third-order valence-corrected chi connectivity index (χ3v) is 3.62.